The van der Waals surface area contributed by atoms with E-state index in [1.165, 1.54) is 0 Å². The Bertz CT molecular complexity index is 505. The number of aliphatic carboxylic acids is 1. The molecule has 0 fully saturated rings. The highest BCUT2D eigenvalue weighted by atomic mass is 35.5. The molecule has 7 heteroatoms. The Morgan fingerprint density at radius 2 is 2.31 bits per heavy atom. The second kappa shape index (κ2) is 4.36. The van der Waals surface area contributed by atoms with Gasteiger partial charge in [-0.15, -0.1) is 0 Å². The summed E-state index contributed by atoms with van der Waals surface area (Å²) in [7, 11) is 0. The van der Waals surface area contributed by atoms with Crippen LogP contribution in [0, 0.1) is 0 Å². The third-order valence-electron chi connectivity index (χ3n) is 1.81. The van der Waals surface area contributed by atoms with Crippen molar-refractivity contribution in [1.29, 1.82) is 0 Å². The number of hydrogen-bond acceptors (Lipinski definition) is 5. The van der Waals surface area contributed by atoms with Crippen molar-refractivity contribution >= 4 is 17.6 Å². The van der Waals surface area contributed by atoms with Crippen molar-refractivity contribution in [2.75, 3.05) is 0 Å². The van der Waals surface area contributed by atoms with Gasteiger partial charge in [-0.25, -0.2) is 0 Å². The first kappa shape index (κ1) is 10.7. The van der Waals surface area contributed by atoms with Crippen LogP contribution in [0.1, 0.15) is 12.2 Å². The average molecular weight is 243 g/mol. The molecule has 0 saturated carbocycles. The van der Waals surface area contributed by atoms with E-state index in [0.717, 1.165) is 0 Å². The van der Waals surface area contributed by atoms with Crippen LogP contribution >= 0.6 is 11.6 Å². The third kappa shape index (κ3) is 2.40. The molecular formula is C9H7ClN2O4. The molecule has 0 bridgehead atoms. The van der Waals surface area contributed by atoms with Crippen molar-refractivity contribution in [2.24, 2.45) is 0 Å². The second-order valence-corrected chi connectivity index (χ2v) is 3.39. The summed E-state index contributed by atoms with van der Waals surface area (Å²) < 4.78 is 9.95. The Kier molecular flexibility index (Phi) is 2.91. The molecule has 0 saturated heterocycles. The standard InChI is InChI=1S/C9H7ClN2O4/c10-6-2-1-5(15-6)9-11-7(12-16-9)3-4-8(13)14/h1-2H,3-4H2,(H,13,14). The maximum Gasteiger partial charge on any atom is 0.303 e. The molecule has 6 nitrogen and oxygen atoms in total. The summed E-state index contributed by atoms with van der Waals surface area (Å²) in [5.74, 6) is -0.0383. The lowest BCUT2D eigenvalue weighted by molar-refractivity contribution is -0.137. The van der Waals surface area contributed by atoms with Gasteiger partial charge in [-0.05, 0) is 23.7 Å². The predicted octanol–water partition coefficient (Wildman–Crippen LogP) is 2.00. The second-order valence-electron chi connectivity index (χ2n) is 3.01. The molecule has 0 aliphatic carbocycles. The highest BCUT2D eigenvalue weighted by Crippen LogP contribution is 2.23. The van der Waals surface area contributed by atoms with E-state index >= 15 is 0 Å². The molecule has 0 radical (unpaired) electrons. The maximum absolute atomic E-state index is 10.3. The number of hydrogen-bond donors (Lipinski definition) is 1. The predicted molar refractivity (Wildman–Crippen MR) is 53.0 cm³/mol. The van der Waals surface area contributed by atoms with E-state index in [4.69, 9.17) is 25.6 Å². The first-order valence-electron chi connectivity index (χ1n) is 4.45. The van der Waals surface area contributed by atoms with Crippen LogP contribution in [0.2, 0.25) is 5.22 Å². The van der Waals surface area contributed by atoms with Crippen LogP contribution in [0.5, 0.6) is 0 Å². The monoisotopic (exact) mass is 242 g/mol. The van der Waals surface area contributed by atoms with Crippen molar-refractivity contribution in [2.45, 2.75) is 12.8 Å². The van der Waals surface area contributed by atoms with E-state index in [-0.39, 0.29) is 24.0 Å². The molecule has 2 aromatic rings. The van der Waals surface area contributed by atoms with Gasteiger partial charge in [0.15, 0.2) is 16.8 Å². The van der Waals surface area contributed by atoms with Crippen LogP contribution in [-0.2, 0) is 11.2 Å². The smallest absolute Gasteiger partial charge is 0.303 e. The van der Waals surface area contributed by atoms with Crippen LogP contribution in [0.3, 0.4) is 0 Å². The minimum Gasteiger partial charge on any atom is -0.481 e. The first-order chi connectivity index (χ1) is 7.65. The van der Waals surface area contributed by atoms with Gasteiger partial charge in [0.2, 0.25) is 0 Å². The summed E-state index contributed by atoms with van der Waals surface area (Å²) in [6.45, 7) is 0. The molecule has 1 N–H and O–H groups in total. The van der Waals surface area contributed by atoms with Crippen molar-refractivity contribution in [3.63, 3.8) is 0 Å². The molecule has 0 aliphatic heterocycles. The largest absolute Gasteiger partial charge is 0.481 e. The number of furan rings is 1. The lowest BCUT2D eigenvalue weighted by Crippen LogP contribution is -1.98. The number of carboxylic acid groups (broad SMARTS) is 1. The van der Waals surface area contributed by atoms with E-state index in [1.807, 2.05) is 0 Å². The highest BCUT2D eigenvalue weighted by molar-refractivity contribution is 6.28. The minimum atomic E-state index is -0.910. The molecule has 0 amide bonds. The fourth-order valence-electron chi connectivity index (χ4n) is 1.10. The van der Waals surface area contributed by atoms with E-state index in [9.17, 15) is 4.79 Å². The number of halogens is 1. The van der Waals surface area contributed by atoms with E-state index in [0.29, 0.717) is 11.6 Å². The van der Waals surface area contributed by atoms with Gasteiger partial charge in [-0.1, -0.05) is 5.16 Å². The number of aryl methyl sites for hydroxylation is 1. The van der Waals surface area contributed by atoms with Crippen molar-refractivity contribution < 1.29 is 18.8 Å². The Morgan fingerprint density at radius 3 is 2.94 bits per heavy atom. The van der Waals surface area contributed by atoms with Crippen LogP contribution in [-0.4, -0.2) is 21.2 Å². The van der Waals surface area contributed by atoms with Crippen molar-refractivity contribution in [3.05, 3.63) is 23.2 Å². The Morgan fingerprint density at radius 1 is 1.50 bits per heavy atom. The molecule has 0 aliphatic rings. The molecule has 0 spiro atoms. The topological polar surface area (TPSA) is 89.4 Å². The van der Waals surface area contributed by atoms with Gasteiger partial charge >= 0.3 is 5.97 Å². The average Bonchev–Trinajstić information content (AvgIpc) is 2.83. The molecule has 2 heterocycles. The summed E-state index contributed by atoms with van der Waals surface area (Å²) in [6, 6.07) is 3.15. The highest BCUT2D eigenvalue weighted by Gasteiger charge is 2.13. The van der Waals surface area contributed by atoms with Crippen molar-refractivity contribution in [1.82, 2.24) is 10.1 Å². The maximum atomic E-state index is 10.3. The zero-order valence-corrected chi connectivity index (χ0v) is 8.77. The zero-order valence-electron chi connectivity index (χ0n) is 8.01. The van der Waals surface area contributed by atoms with Crippen LogP contribution in [0.25, 0.3) is 11.7 Å². The summed E-state index contributed by atoms with van der Waals surface area (Å²) in [4.78, 5) is 14.3. The van der Waals surface area contributed by atoms with Crippen LogP contribution in [0.4, 0.5) is 0 Å². The SMILES string of the molecule is O=C(O)CCc1noc(-c2ccc(Cl)o2)n1. The fraction of sp³-hybridized carbons (Fsp3) is 0.222. The summed E-state index contributed by atoms with van der Waals surface area (Å²) in [5.41, 5.74) is 0. The van der Waals surface area contributed by atoms with Gasteiger partial charge in [-0.2, -0.15) is 4.98 Å². The normalized spacial score (nSPS) is 10.6. The van der Waals surface area contributed by atoms with Gasteiger partial charge in [0, 0.05) is 6.42 Å². The van der Waals surface area contributed by atoms with Crippen molar-refractivity contribution in [3.8, 4) is 11.7 Å². The van der Waals surface area contributed by atoms with E-state index < -0.39 is 5.97 Å². The Labute approximate surface area is 94.8 Å². The summed E-state index contributed by atoms with van der Waals surface area (Å²) in [6.07, 6.45) is 0.172. The fourth-order valence-corrected chi connectivity index (χ4v) is 1.25. The van der Waals surface area contributed by atoms with Gasteiger partial charge in [0.1, 0.15) is 0 Å². The quantitative estimate of drug-likeness (QED) is 0.882. The van der Waals surface area contributed by atoms with Gasteiger partial charge in [-0.3, -0.25) is 4.79 Å². The lowest BCUT2D eigenvalue weighted by atomic mass is 10.3. The van der Waals surface area contributed by atoms with Gasteiger partial charge in [0.05, 0.1) is 6.42 Å². The molecule has 0 unspecified atom stereocenters. The number of carboxylic acids is 1. The summed E-state index contributed by atoms with van der Waals surface area (Å²) >= 11 is 5.59. The number of rotatable bonds is 4. The minimum absolute atomic E-state index is 0.0438. The number of aromatic nitrogens is 2. The van der Waals surface area contributed by atoms with E-state index in [2.05, 4.69) is 10.1 Å². The van der Waals surface area contributed by atoms with Crippen LogP contribution < -0.4 is 0 Å². The third-order valence-corrected chi connectivity index (χ3v) is 2.02. The van der Waals surface area contributed by atoms with E-state index in [1.54, 1.807) is 12.1 Å². The zero-order chi connectivity index (χ0) is 11.5. The molecule has 0 atom stereocenters. The molecular weight excluding hydrogens is 236 g/mol. The molecule has 16 heavy (non-hydrogen) atoms. The number of nitrogens with zero attached hydrogens (tertiary/aromatic N) is 2. The molecule has 0 aromatic carbocycles. The molecule has 2 aromatic heterocycles. The first-order valence-corrected chi connectivity index (χ1v) is 4.83. The van der Waals surface area contributed by atoms with Crippen LogP contribution in [0.15, 0.2) is 21.1 Å². The Balaban J connectivity index is 2.10. The Hall–Kier alpha value is -1.82. The summed E-state index contributed by atoms with van der Waals surface area (Å²) in [5, 5.41) is 12.3. The molecule has 84 valence electrons. The number of carbonyl (C=O) groups is 1. The van der Waals surface area contributed by atoms with Gasteiger partial charge in [0.25, 0.3) is 5.89 Å². The molecule has 2 rings (SSSR count). The van der Waals surface area contributed by atoms with Gasteiger partial charge < -0.3 is 14.0 Å². The lowest BCUT2D eigenvalue weighted by Gasteiger charge is -1.87.